The zero-order valence-corrected chi connectivity index (χ0v) is 10.4. The number of benzene rings is 1. The van der Waals surface area contributed by atoms with Gasteiger partial charge in [0.05, 0.1) is 0 Å². The topological polar surface area (TPSA) is 12.0 Å². The molecular weight excluding hydrogens is 227 g/mol. The van der Waals surface area contributed by atoms with Gasteiger partial charge in [-0.1, -0.05) is 13.8 Å². The summed E-state index contributed by atoms with van der Waals surface area (Å²) in [7, 11) is 0. The lowest BCUT2D eigenvalue weighted by atomic mass is 10.0. The van der Waals surface area contributed by atoms with Gasteiger partial charge in [-0.3, -0.25) is 0 Å². The highest BCUT2D eigenvalue weighted by Crippen LogP contribution is 2.19. The van der Waals surface area contributed by atoms with Gasteiger partial charge >= 0.3 is 0 Å². The molecular formula is C13H18F3N. The van der Waals surface area contributed by atoms with Gasteiger partial charge < -0.3 is 5.32 Å². The van der Waals surface area contributed by atoms with Gasteiger partial charge in [0.25, 0.3) is 0 Å². The Labute approximate surface area is 100 Å². The normalized spacial score (nSPS) is 12.9. The second-order valence-electron chi connectivity index (χ2n) is 4.77. The molecule has 0 radical (unpaired) electrons. The van der Waals surface area contributed by atoms with Gasteiger partial charge in [-0.25, -0.2) is 13.2 Å². The highest BCUT2D eigenvalue weighted by Gasteiger charge is 2.11. The summed E-state index contributed by atoms with van der Waals surface area (Å²) in [5.74, 6) is -3.17. The van der Waals surface area contributed by atoms with Gasteiger partial charge in [-0.15, -0.1) is 0 Å². The van der Waals surface area contributed by atoms with E-state index >= 15 is 0 Å². The van der Waals surface area contributed by atoms with E-state index in [2.05, 4.69) is 19.2 Å². The van der Waals surface area contributed by atoms with E-state index in [4.69, 9.17) is 0 Å². The average Bonchev–Trinajstić information content (AvgIpc) is 2.23. The molecule has 1 aromatic rings. The molecule has 0 saturated heterocycles. The molecule has 1 rings (SSSR count). The molecule has 0 spiro atoms. The summed E-state index contributed by atoms with van der Waals surface area (Å²) in [5, 5.41) is 2.96. The Bertz CT molecular complexity index is 354. The fourth-order valence-electron chi connectivity index (χ4n) is 1.58. The van der Waals surface area contributed by atoms with Crippen LogP contribution in [0, 0.1) is 23.4 Å². The number of anilines is 1. The molecule has 1 aromatic carbocycles. The standard InChI is InChI=1S/C13H18F3N/c1-8(2)4-5-9(3)17-10-6-11(14)13(16)12(15)7-10/h6-9,17H,4-5H2,1-3H3. The Morgan fingerprint density at radius 3 is 2.00 bits per heavy atom. The summed E-state index contributed by atoms with van der Waals surface area (Å²) in [6.45, 7) is 6.16. The maximum Gasteiger partial charge on any atom is 0.194 e. The summed E-state index contributed by atoms with van der Waals surface area (Å²) in [4.78, 5) is 0. The predicted molar refractivity (Wildman–Crippen MR) is 63.5 cm³/mol. The van der Waals surface area contributed by atoms with E-state index in [9.17, 15) is 13.2 Å². The number of hydrogen-bond donors (Lipinski definition) is 1. The molecule has 0 aromatic heterocycles. The SMILES string of the molecule is CC(C)CCC(C)Nc1cc(F)c(F)c(F)c1. The zero-order chi connectivity index (χ0) is 13.0. The van der Waals surface area contributed by atoms with E-state index in [0.717, 1.165) is 25.0 Å². The van der Waals surface area contributed by atoms with Gasteiger partial charge in [0.2, 0.25) is 0 Å². The Morgan fingerprint density at radius 2 is 1.53 bits per heavy atom. The molecule has 1 nitrogen and oxygen atoms in total. The smallest absolute Gasteiger partial charge is 0.194 e. The van der Waals surface area contributed by atoms with Crippen LogP contribution < -0.4 is 5.32 Å². The zero-order valence-electron chi connectivity index (χ0n) is 10.4. The Hall–Kier alpha value is -1.19. The second-order valence-corrected chi connectivity index (χ2v) is 4.77. The van der Waals surface area contributed by atoms with Crippen LogP contribution in [-0.2, 0) is 0 Å². The van der Waals surface area contributed by atoms with Crippen molar-refractivity contribution in [3.8, 4) is 0 Å². The minimum atomic E-state index is -1.43. The van der Waals surface area contributed by atoms with Crippen LogP contribution in [0.4, 0.5) is 18.9 Å². The van der Waals surface area contributed by atoms with Crippen molar-refractivity contribution < 1.29 is 13.2 Å². The Kier molecular flexibility index (Phi) is 4.85. The summed E-state index contributed by atoms with van der Waals surface area (Å²) < 4.78 is 38.6. The quantitative estimate of drug-likeness (QED) is 0.761. The highest BCUT2D eigenvalue weighted by atomic mass is 19.2. The fraction of sp³-hybridized carbons (Fsp3) is 0.538. The predicted octanol–water partition coefficient (Wildman–Crippen LogP) is 4.34. The lowest BCUT2D eigenvalue weighted by molar-refractivity contribution is 0.447. The van der Waals surface area contributed by atoms with Crippen molar-refractivity contribution in [1.29, 1.82) is 0 Å². The maximum atomic E-state index is 12.9. The van der Waals surface area contributed by atoms with Crippen LogP contribution in [0.25, 0.3) is 0 Å². The lowest BCUT2D eigenvalue weighted by Crippen LogP contribution is -2.16. The van der Waals surface area contributed by atoms with E-state index in [1.807, 2.05) is 6.92 Å². The van der Waals surface area contributed by atoms with Crippen LogP contribution in [0.15, 0.2) is 12.1 Å². The summed E-state index contributed by atoms with van der Waals surface area (Å²) in [6.07, 6.45) is 1.93. The first-order valence-corrected chi connectivity index (χ1v) is 5.81. The summed E-state index contributed by atoms with van der Waals surface area (Å²) in [5.41, 5.74) is 0.276. The number of nitrogens with one attached hydrogen (secondary N) is 1. The first-order chi connectivity index (χ1) is 7.90. The molecule has 0 fully saturated rings. The monoisotopic (exact) mass is 245 g/mol. The van der Waals surface area contributed by atoms with Crippen LogP contribution >= 0.6 is 0 Å². The van der Waals surface area contributed by atoms with Crippen molar-refractivity contribution in [3.63, 3.8) is 0 Å². The van der Waals surface area contributed by atoms with Gasteiger partial charge in [0, 0.05) is 23.9 Å². The third-order valence-electron chi connectivity index (χ3n) is 2.57. The molecule has 0 aliphatic rings. The lowest BCUT2D eigenvalue weighted by Gasteiger charge is -2.16. The molecule has 0 bridgehead atoms. The first-order valence-electron chi connectivity index (χ1n) is 5.81. The summed E-state index contributed by atoms with van der Waals surface area (Å²) in [6, 6.07) is 2.05. The second kappa shape index (κ2) is 5.94. The van der Waals surface area contributed by atoms with Gasteiger partial charge in [-0.05, 0) is 25.7 Å². The molecule has 96 valence electrons. The third kappa shape index (κ3) is 4.29. The van der Waals surface area contributed by atoms with Crippen LogP contribution in [0.3, 0.4) is 0 Å². The Balaban J connectivity index is 2.62. The van der Waals surface area contributed by atoms with Crippen molar-refractivity contribution in [3.05, 3.63) is 29.6 Å². The van der Waals surface area contributed by atoms with Gasteiger partial charge in [0.15, 0.2) is 17.5 Å². The number of halogens is 3. The van der Waals surface area contributed by atoms with E-state index < -0.39 is 17.5 Å². The van der Waals surface area contributed by atoms with Crippen LogP contribution in [0.2, 0.25) is 0 Å². The van der Waals surface area contributed by atoms with Crippen molar-refractivity contribution in [1.82, 2.24) is 0 Å². The van der Waals surface area contributed by atoms with E-state index in [1.165, 1.54) is 0 Å². The van der Waals surface area contributed by atoms with Crippen LogP contribution in [0.5, 0.6) is 0 Å². The minimum absolute atomic E-state index is 0.0988. The van der Waals surface area contributed by atoms with Crippen LogP contribution in [0.1, 0.15) is 33.6 Å². The van der Waals surface area contributed by atoms with E-state index in [-0.39, 0.29) is 11.7 Å². The molecule has 0 aliphatic heterocycles. The molecule has 0 aliphatic carbocycles. The van der Waals surface area contributed by atoms with Crippen molar-refractivity contribution in [2.75, 3.05) is 5.32 Å². The van der Waals surface area contributed by atoms with Crippen molar-refractivity contribution in [2.45, 2.75) is 39.7 Å². The molecule has 0 saturated carbocycles. The fourth-order valence-corrected chi connectivity index (χ4v) is 1.58. The molecule has 0 heterocycles. The average molecular weight is 245 g/mol. The molecule has 0 amide bonds. The minimum Gasteiger partial charge on any atom is -0.382 e. The van der Waals surface area contributed by atoms with Crippen molar-refractivity contribution >= 4 is 5.69 Å². The molecule has 1 N–H and O–H groups in total. The van der Waals surface area contributed by atoms with Crippen molar-refractivity contribution in [2.24, 2.45) is 5.92 Å². The van der Waals surface area contributed by atoms with Gasteiger partial charge in [0.1, 0.15) is 0 Å². The summed E-state index contributed by atoms with van der Waals surface area (Å²) >= 11 is 0. The van der Waals surface area contributed by atoms with E-state index in [1.54, 1.807) is 0 Å². The largest absolute Gasteiger partial charge is 0.382 e. The van der Waals surface area contributed by atoms with Crippen LogP contribution in [-0.4, -0.2) is 6.04 Å². The highest BCUT2D eigenvalue weighted by molar-refractivity contribution is 5.44. The van der Waals surface area contributed by atoms with E-state index in [0.29, 0.717) is 5.92 Å². The Morgan fingerprint density at radius 1 is 1.00 bits per heavy atom. The molecule has 1 atom stereocenters. The molecule has 4 heteroatoms. The first kappa shape index (κ1) is 13.9. The molecule has 1 unspecified atom stereocenters. The van der Waals surface area contributed by atoms with Gasteiger partial charge in [-0.2, -0.15) is 0 Å². The third-order valence-corrected chi connectivity index (χ3v) is 2.57. The maximum absolute atomic E-state index is 12.9. The molecule has 17 heavy (non-hydrogen) atoms. The number of rotatable bonds is 5. The number of hydrogen-bond acceptors (Lipinski definition) is 1.